The van der Waals surface area contributed by atoms with E-state index >= 15 is 0 Å². The fourth-order valence-corrected chi connectivity index (χ4v) is 7.49. The van der Waals surface area contributed by atoms with Gasteiger partial charge < -0.3 is 30.3 Å². The average Bonchev–Trinajstić information content (AvgIpc) is 3.77. The molecule has 0 saturated carbocycles. The highest BCUT2D eigenvalue weighted by Crippen LogP contribution is 2.23. The number of carbonyl (C=O) groups excluding carboxylic acids is 4. The number of benzene rings is 2. The van der Waals surface area contributed by atoms with E-state index in [9.17, 15) is 24.3 Å². The van der Waals surface area contributed by atoms with Gasteiger partial charge in [0.2, 0.25) is 5.91 Å². The summed E-state index contributed by atoms with van der Waals surface area (Å²) >= 11 is 1.53. The Bertz CT molecular complexity index is 1930. The number of amides is 5. The topological polar surface area (TPSA) is 169 Å². The number of hydrogen-bond acceptors (Lipinski definition) is 10. The van der Waals surface area contributed by atoms with Gasteiger partial charge in [-0.3, -0.25) is 20.0 Å². The summed E-state index contributed by atoms with van der Waals surface area (Å²) in [5, 5.41) is 22.2. The van der Waals surface area contributed by atoms with Crippen LogP contribution in [0, 0.1) is 18.8 Å². The first-order valence-corrected chi connectivity index (χ1v) is 20.1. The number of nitrogens with one attached hydrogen (secondary N) is 3. The molecule has 2 aromatic heterocycles. The van der Waals surface area contributed by atoms with Gasteiger partial charge in [0.05, 0.1) is 42.2 Å². The number of aliphatic hydroxyl groups is 1. The van der Waals surface area contributed by atoms with E-state index in [4.69, 9.17) is 4.74 Å². The molecule has 2 aromatic carbocycles. The monoisotopic (exact) mass is 798 g/mol. The maximum Gasteiger partial charge on any atom is 0.407 e. The first-order valence-electron chi connectivity index (χ1n) is 19.2. The molecule has 4 atom stereocenters. The third-order valence-corrected chi connectivity index (χ3v) is 10.7. The number of ether oxygens (including phenoxy) is 1. The molecular weight excluding hydrogens is 745 g/mol. The van der Waals surface area contributed by atoms with Gasteiger partial charge in [-0.2, -0.15) is 0 Å². The third kappa shape index (κ3) is 11.8. The highest BCUT2D eigenvalue weighted by Gasteiger charge is 2.40. The summed E-state index contributed by atoms with van der Waals surface area (Å²) in [4.78, 5) is 66.2. The second kappa shape index (κ2) is 20.2. The first-order chi connectivity index (χ1) is 27.3. The molecule has 0 aliphatic carbocycles. The first kappa shape index (κ1) is 42.8. The summed E-state index contributed by atoms with van der Waals surface area (Å²) in [7, 11) is 1.23. The standard InChI is InChI=1S/C42H54N8O6S/c1-27(2)37(46-41(54)56-6)39(52)47-49(23-31-15-17-32(18-16-31)34-14-10-11-19-43-34)25-36(51)35(22-30-12-8-7-9-13-30)45-40(53)38(28(3)4)50-21-20-48(42(50)55)24-33-26-57-29(5)44-33/h7-19,26-28,35-38,51H,20-25H2,1-6H3,(H,45,53)(H,46,54)(H,47,52). The van der Waals surface area contributed by atoms with Crippen LogP contribution in [0.1, 0.15) is 49.5 Å². The van der Waals surface area contributed by atoms with Gasteiger partial charge in [0, 0.05) is 43.3 Å². The summed E-state index contributed by atoms with van der Waals surface area (Å²) in [5.41, 5.74) is 7.18. The third-order valence-electron chi connectivity index (χ3n) is 9.84. The number of alkyl carbamates (subject to hydrolysis) is 1. The Hall–Kier alpha value is -5.38. The maximum atomic E-state index is 14.3. The number of pyridine rings is 1. The van der Waals surface area contributed by atoms with Gasteiger partial charge in [-0.25, -0.2) is 19.6 Å². The number of nitrogens with zero attached hydrogens (tertiary/aromatic N) is 5. The Kier molecular flexibility index (Phi) is 15.1. The molecule has 5 amide bonds. The van der Waals surface area contributed by atoms with Crippen molar-refractivity contribution in [2.75, 3.05) is 26.7 Å². The summed E-state index contributed by atoms with van der Waals surface area (Å²) in [6, 6.07) is 20.1. The zero-order valence-corrected chi connectivity index (χ0v) is 34.2. The summed E-state index contributed by atoms with van der Waals surface area (Å²) in [6.07, 6.45) is 0.0655. The van der Waals surface area contributed by atoms with Gasteiger partial charge in [-0.05, 0) is 48.4 Å². The lowest BCUT2D eigenvalue weighted by atomic mass is 9.97. The van der Waals surface area contributed by atoms with Gasteiger partial charge in [0.25, 0.3) is 5.91 Å². The lowest BCUT2D eigenvalue weighted by molar-refractivity contribution is -0.131. The van der Waals surface area contributed by atoms with E-state index < -0.39 is 36.2 Å². The van der Waals surface area contributed by atoms with Gasteiger partial charge in [-0.1, -0.05) is 88.4 Å². The Morgan fingerprint density at radius 3 is 2.25 bits per heavy atom. The van der Waals surface area contributed by atoms with Crippen LogP contribution in [0.4, 0.5) is 9.59 Å². The van der Waals surface area contributed by atoms with Crippen LogP contribution in [0.25, 0.3) is 11.3 Å². The average molecular weight is 799 g/mol. The molecular formula is C42H54N8O6S. The molecule has 1 fully saturated rings. The molecule has 3 heterocycles. The van der Waals surface area contributed by atoms with Crippen molar-refractivity contribution in [2.45, 2.75) is 78.4 Å². The maximum absolute atomic E-state index is 14.3. The molecule has 304 valence electrons. The van der Waals surface area contributed by atoms with Gasteiger partial charge in [0.1, 0.15) is 12.1 Å². The minimum absolute atomic E-state index is 0.0929. The van der Waals surface area contributed by atoms with E-state index in [1.54, 1.807) is 34.9 Å². The number of rotatable bonds is 18. The molecule has 4 N–H and O–H groups in total. The Morgan fingerprint density at radius 1 is 0.912 bits per heavy atom. The van der Waals surface area contributed by atoms with E-state index in [0.29, 0.717) is 19.6 Å². The molecule has 5 rings (SSSR count). The second-order valence-corrected chi connectivity index (χ2v) is 16.0. The number of carbonyl (C=O) groups is 4. The molecule has 1 saturated heterocycles. The van der Waals surface area contributed by atoms with Crippen LogP contribution in [0.5, 0.6) is 0 Å². The minimum Gasteiger partial charge on any atom is -0.453 e. The number of thiazole rings is 1. The predicted molar refractivity (Wildman–Crippen MR) is 218 cm³/mol. The van der Waals surface area contributed by atoms with Gasteiger partial charge in [-0.15, -0.1) is 11.3 Å². The lowest BCUT2D eigenvalue weighted by Crippen LogP contribution is -2.59. The fraction of sp³-hybridized carbons (Fsp3) is 0.429. The quantitative estimate of drug-likeness (QED) is 0.104. The van der Waals surface area contributed by atoms with Crippen molar-refractivity contribution in [3.63, 3.8) is 0 Å². The Morgan fingerprint density at radius 2 is 1.63 bits per heavy atom. The largest absolute Gasteiger partial charge is 0.453 e. The molecule has 0 spiro atoms. The summed E-state index contributed by atoms with van der Waals surface area (Å²) < 4.78 is 4.77. The molecule has 4 aromatic rings. The van der Waals surface area contributed by atoms with Crippen molar-refractivity contribution in [2.24, 2.45) is 11.8 Å². The molecule has 0 bridgehead atoms. The summed E-state index contributed by atoms with van der Waals surface area (Å²) in [5.74, 6) is -1.40. The second-order valence-electron chi connectivity index (χ2n) is 14.9. The van der Waals surface area contributed by atoms with E-state index in [0.717, 1.165) is 33.1 Å². The number of aromatic nitrogens is 2. The minimum atomic E-state index is -1.19. The molecule has 1 aliphatic rings. The number of hydrazine groups is 1. The smallest absolute Gasteiger partial charge is 0.407 e. The van der Waals surface area contributed by atoms with Crippen LogP contribution in [0.15, 0.2) is 84.4 Å². The van der Waals surface area contributed by atoms with Crippen molar-refractivity contribution in [3.05, 3.63) is 106 Å². The zero-order valence-electron chi connectivity index (χ0n) is 33.4. The number of hydrogen-bond donors (Lipinski definition) is 4. The van der Waals surface area contributed by atoms with Gasteiger partial charge in [0.15, 0.2) is 0 Å². The summed E-state index contributed by atoms with van der Waals surface area (Å²) in [6.45, 7) is 10.6. The lowest BCUT2D eigenvalue weighted by Gasteiger charge is -2.34. The van der Waals surface area contributed by atoms with Crippen LogP contribution >= 0.6 is 11.3 Å². The predicted octanol–water partition coefficient (Wildman–Crippen LogP) is 4.78. The molecule has 15 heteroatoms. The molecule has 14 nitrogen and oxygen atoms in total. The number of methoxy groups -OCH3 is 1. The van der Waals surface area contributed by atoms with E-state index in [1.807, 2.05) is 98.9 Å². The molecule has 57 heavy (non-hydrogen) atoms. The normalized spacial score (nSPS) is 15.1. The van der Waals surface area contributed by atoms with E-state index in [2.05, 4.69) is 26.0 Å². The Balaban J connectivity index is 1.38. The van der Waals surface area contributed by atoms with Gasteiger partial charge >= 0.3 is 12.1 Å². The van der Waals surface area contributed by atoms with E-state index in [-0.39, 0.29) is 43.3 Å². The van der Waals surface area contributed by atoms with Crippen LogP contribution < -0.4 is 16.1 Å². The zero-order chi connectivity index (χ0) is 41.1. The number of aryl methyl sites for hydroxylation is 1. The number of aliphatic hydroxyl groups excluding tert-OH is 1. The molecule has 1 aliphatic heterocycles. The van der Waals surface area contributed by atoms with Crippen molar-refractivity contribution in [1.82, 2.24) is 40.8 Å². The van der Waals surface area contributed by atoms with Crippen LogP contribution in [-0.2, 0) is 33.8 Å². The van der Waals surface area contributed by atoms with Crippen molar-refractivity contribution < 1.29 is 29.0 Å². The van der Waals surface area contributed by atoms with E-state index in [1.165, 1.54) is 18.4 Å². The van der Waals surface area contributed by atoms with Crippen LogP contribution in [0.2, 0.25) is 0 Å². The highest BCUT2D eigenvalue weighted by atomic mass is 32.1. The molecule has 4 unspecified atom stereocenters. The number of urea groups is 1. The Labute approximate surface area is 338 Å². The van der Waals surface area contributed by atoms with Crippen LogP contribution in [-0.4, -0.2) is 105 Å². The van der Waals surface area contributed by atoms with Crippen molar-refractivity contribution in [1.29, 1.82) is 0 Å². The highest BCUT2D eigenvalue weighted by molar-refractivity contribution is 7.09. The van der Waals surface area contributed by atoms with Crippen molar-refractivity contribution in [3.8, 4) is 11.3 Å². The van der Waals surface area contributed by atoms with Crippen LogP contribution in [0.3, 0.4) is 0 Å². The SMILES string of the molecule is COC(=O)NC(C(=O)NN(Cc1ccc(-c2ccccn2)cc1)CC(O)C(Cc1ccccc1)NC(=O)C(C(C)C)N1CCN(Cc2csc(C)n2)C1=O)C(C)C. The molecule has 0 radical (unpaired) electrons. The fourth-order valence-electron chi connectivity index (χ4n) is 6.89. The van der Waals surface area contributed by atoms with Crippen molar-refractivity contribution >= 4 is 35.3 Å².